The molecule has 0 N–H and O–H groups in total. The highest BCUT2D eigenvalue weighted by molar-refractivity contribution is 6.31. The van der Waals surface area contributed by atoms with Crippen molar-refractivity contribution in [3.8, 4) is 0 Å². The molecular formula is C6H3ClN2O. The lowest BCUT2D eigenvalue weighted by atomic mass is 10.4. The number of fused-ring (bicyclic) bond motifs is 1. The number of hydrogen-bond donors (Lipinski definition) is 0. The van der Waals surface area contributed by atoms with E-state index in [4.69, 9.17) is 11.6 Å². The van der Waals surface area contributed by atoms with Crippen molar-refractivity contribution < 1.29 is 4.52 Å². The van der Waals surface area contributed by atoms with Crippen molar-refractivity contribution in [2.45, 2.75) is 0 Å². The fourth-order valence-corrected chi connectivity index (χ4v) is 0.888. The van der Waals surface area contributed by atoms with Gasteiger partial charge in [0.25, 0.3) is 0 Å². The van der Waals surface area contributed by atoms with Crippen LogP contribution in [0.2, 0.25) is 5.02 Å². The average molecular weight is 155 g/mol. The lowest BCUT2D eigenvalue weighted by molar-refractivity contribution is 0.428. The van der Waals surface area contributed by atoms with Crippen molar-refractivity contribution in [3.63, 3.8) is 0 Å². The summed E-state index contributed by atoms with van der Waals surface area (Å²) in [6, 6.07) is 1.70. The van der Waals surface area contributed by atoms with Crippen LogP contribution in [-0.2, 0) is 0 Å². The summed E-state index contributed by atoms with van der Waals surface area (Å²) < 4.78 is 4.65. The Morgan fingerprint density at radius 3 is 3.20 bits per heavy atom. The molecule has 3 nitrogen and oxygen atoms in total. The maximum atomic E-state index is 5.63. The zero-order valence-corrected chi connectivity index (χ0v) is 5.67. The standard InChI is InChI=1S/C6H3ClN2O/c7-4-1-5-6(8-2-4)3-10-9-5/h1-3H. The van der Waals surface area contributed by atoms with Gasteiger partial charge in [0.05, 0.1) is 5.02 Å². The van der Waals surface area contributed by atoms with Crippen molar-refractivity contribution in [2.75, 3.05) is 0 Å². The van der Waals surface area contributed by atoms with Gasteiger partial charge in [0, 0.05) is 6.20 Å². The molecule has 0 radical (unpaired) electrons. The summed E-state index contributed by atoms with van der Waals surface area (Å²) in [4.78, 5) is 3.95. The number of hydrogen-bond acceptors (Lipinski definition) is 3. The van der Waals surface area contributed by atoms with E-state index in [1.54, 1.807) is 12.3 Å². The van der Waals surface area contributed by atoms with Crippen molar-refractivity contribution >= 4 is 22.6 Å². The minimum absolute atomic E-state index is 0.571. The molecule has 10 heavy (non-hydrogen) atoms. The highest BCUT2D eigenvalue weighted by Gasteiger charge is 1.97. The quantitative estimate of drug-likeness (QED) is 0.582. The van der Waals surface area contributed by atoms with Crippen molar-refractivity contribution in [3.05, 3.63) is 23.5 Å². The van der Waals surface area contributed by atoms with Crippen LogP contribution in [0.4, 0.5) is 0 Å². The van der Waals surface area contributed by atoms with E-state index in [1.165, 1.54) is 6.26 Å². The van der Waals surface area contributed by atoms with Crippen LogP contribution < -0.4 is 0 Å². The van der Waals surface area contributed by atoms with Crippen LogP contribution in [0.1, 0.15) is 0 Å². The first-order valence-corrected chi connectivity index (χ1v) is 3.10. The van der Waals surface area contributed by atoms with Crippen LogP contribution in [0.3, 0.4) is 0 Å². The van der Waals surface area contributed by atoms with Crippen molar-refractivity contribution in [1.82, 2.24) is 10.1 Å². The number of pyridine rings is 1. The van der Waals surface area contributed by atoms with Gasteiger partial charge in [-0.1, -0.05) is 16.8 Å². The Kier molecular flexibility index (Phi) is 1.11. The van der Waals surface area contributed by atoms with Gasteiger partial charge in [0.2, 0.25) is 0 Å². The zero-order chi connectivity index (χ0) is 6.97. The first kappa shape index (κ1) is 5.68. The first-order valence-electron chi connectivity index (χ1n) is 2.72. The molecule has 0 aliphatic carbocycles. The Hall–Kier alpha value is -1.09. The van der Waals surface area contributed by atoms with Gasteiger partial charge in [0.15, 0.2) is 0 Å². The van der Waals surface area contributed by atoms with Crippen LogP contribution in [0.25, 0.3) is 11.0 Å². The molecule has 0 saturated heterocycles. The van der Waals surface area contributed by atoms with E-state index < -0.39 is 0 Å². The van der Waals surface area contributed by atoms with Gasteiger partial charge in [0.1, 0.15) is 17.3 Å². The third kappa shape index (κ3) is 0.752. The fourth-order valence-electron chi connectivity index (χ4n) is 0.736. The maximum absolute atomic E-state index is 5.63. The molecule has 0 aromatic carbocycles. The Labute approximate surface area is 61.6 Å². The lowest BCUT2D eigenvalue weighted by Gasteiger charge is -1.84. The van der Waals surface area contributed by atoms with Gasteiger partial charge >= 0.3 is 0 Å². The molecular weight excluding hydrogens is 152 g/mol. The second-order valence-corrected chi connectivity index (χ2v) is 2.31. The molecule has 0 atom stereocenters. The summed E-state index contributed by atoms with van der Waals surface area (Å²) >= 11 is 5.63. The van der Waals surface area contributed by atoms with Crippen LogP contribution in [0, 0.1) is 0 Å². The summed E-state index contributed by atoms with van der Waals surface area (Å²) in [7, 11) is 0. The van der Waals surface area contributed by atoms with Gasteiger partial charge in [-0.3, -0.25) is 0 Å². The summed E-state index contributed by atoms with van der Waals surface area (Å²) in [5, 5.41) is 4.23. The Morgan fingerprint density at radius 1 is 1.40 bits per heavy atom. The fraction of sp³-hybridized carbons (Fsp3) is 0. The predicted molar refractivity (Wildman–Crippen MR) is 36.8 cm³/mol. The molecule has 0 spiro atoms. The number of halogens is 1. The third-order valence-corrected chi connectivity index (χ3v) is 1.39. The SMILES string of the molecule is Clc1cnc2conc2c1. The third-order valence-electron chi connectivity index (χ3n) is 1.18. The molecule has 0 aliphatic heterocycles. The molecule has 50 valence electrons. The molecule has 0 unspecified atom stereocenters. The monoisotopic (exact) mass is 154 g/mol. The van der Waals surface area contributed by atoms with Crippen LogP contribution >= 0.6 is 11.6 Å². The lowest BCUT2D eigenvalue weighted by Crippen LogP contribution is -1.72. The van der Waals surface area contributed by atoms with E-state index in [0.29, 0.717) is 10.5 Å². The highest BCUT2D eigenvalue weighted by Crippen LogP contribution is 2.13. The largest absolute Gasteiger partial charge is 0.362 e. The Balaban J connectivity index is 2.86. The minimum atomic E-state index is 0.571. The molecule has 4 heteroatoms. The average Bonchev–Trinajstić information content (AvgIpc) is 2.33. The molecule has 0 aliphatic rings. The predicted octanol–water partition coefficient (Wildman–Crippen LogP) is 1.88. The molecule has 0 fully saturated rings. The van der Waals surface area contributed by atoms with Crippen LogP contribution in [-0.4, -0.2) is 10.1 Å². The molecule has 2 heterocycles. The van der Waals surface area contributed by atoms with E-state index >= 15 is 0 Å². The van der Waals surface area contributed by atoms with Crippen molar-refractivity contribution in [1.29, 1.82) is 0 Å². The highest BCUT2D eigenvalue weighted by atomic mass is 35.5. The maximum Gasteiger partial charge on any atom is 0.150 e. The molecule has 0 saturated carbocycles. The van der Waals surface area contributed by atoms with Gasteiger partial charge in [-0.2, -0.15) is 0 Å². The normalized spacial score (nSPS) is 10.5. The molecule has 0 amide bonds. The van der Waals surface area contributed by atoms with Gasteiger partial charge in [-0.05, 0) is 6.07 Å². The van der Waals surface area contributed by atoms with Crippen LogP contribution in [0.5, 0.6) is 0 Å². The molecule has 2 rings (SSSR count). The summed E-state index contributed by atoms with van der Waals surface area (Å²) in [6.45, 7) is 0. The summed E-state index contributed by atoms with van der Waals surface area (Å²) in [5.41, 5.74) is 1.41. The van der Waals surface area contributed by atoms with Gasteiger partial charge in [-0.25, -0.2) is 4.98 Å². The summed E-state index contributed by atoms with van der Waals surface area (Å²) in [6.07, 6.45) is 3.03. The van der Waals surface area contributed by atoms with Gasteiger partial charge in [-0.15, -0.1) is 0 Å². The van der Waals surface area contributed by atoms with Crippen LogP contribution in [0.15, 0.2) is 23.0 Å². The second-order valence-electron chi connectivity index (χ2n) is 1.87. The first-order chi connectivity index (χ1) is 4.86. The molecule has 0 bridgehead atoms. The smallest absolute Gasteiger partial charge is 0.150 e. The minimum Gasteiger partial charge on any atom is -0.362 e. The Morgan fingerprint density at radius 2 is 2.30 bits per heavy atom. The Bertz CT molecular complexity index is 357. The zero-order valence-electron chi connectivity index (χ0n) is 4.91. The number of nitrogens with zero attached hydrogens (tertiary/aromatic N) is 2. The summed E-state index contributed by atoms with van der Waals surface area (Å²) in [5.74, 6) is 0. The van der Waals surface area contributed by atoms with E-state index in [1.807, 2.05) is 0 Å². The van der Waals surface area contributed by atoms with E-state index in [0.717, 1.165) is 5.52 Å². The van der Waals surface area contributed by atoms with E-state index in [9.17, 15) is 0 Å². The van der Waals surface area contributed by atoms with E-state index in [2.05, 4.69) is 14.7 Å². The van der Waals surface area contributed by atoms with E-state index in [-0.39, 0.29) is 0 Å². The molecule has 2 aromatic rings. The van der Waals surface area contributed by atoms with Gasteiger partial charge < -0.3 is 4.52 Å². The van der Waals surface area contributed by atoms with Crippen molar-refractivity contribution in [2.24, 2.45) is 0 Å². The number of aromatic nitrogens is 2. The topological polar surface area (TPSA) is 38.9 Å². The second kappa shape index (κ2) is 1.95. The molecule has 2 aromatic heterocycles. The number of rotatable bonds is 0.